The van der Waals surface area contributed by atoms with Crippen LogP contribution >= 0.6 is 12.4 Å². The summed E-state index contributed by atoms with van der Waals surface area (Å²) < 4.78 is 13.0. The first kappa shape index (κ1) is 18.7. The van der Waals surface area contributed by atoms with Gasteiger partial charge in [0.1, 0.15) is 5.82 Å². The first-order valence-electron chi connectivity index (χ1n) is 8.14. The predicted octanol–water partition coefficient (Wildman–Crippen LogP) is 1.66. The molecule has 1 unspecified atom stereocenters. The van der Waals surface area contributed by atoms with Crippen molar-refractivity contribution in [1.29, 1.82) is 0 Å². The third-order valence-electron chi connectivity index (χ3n) is 4.69. The topological polar surface area (TPSA) is 66.6 Å². The Labute approximate surface area is 147 Å². The van der Waals surface area contributed by atoms with E-state index < -0.39 is 0 Å². The van der Waals surface area contributed by atoms with Gasteiger partial charge in [0.15, 0.2) is 0 Å². The van der Waals surface area contributed by atoms with Crippen LogP contribution in [0.3, 0.4) is 0 Å². The van der Waals surface area contributed by atoms with Crippen LogP contribution in [0.25, 0.3) is 0 Å². The largest absolute Gasteiger partial charge is 0.341 e. The molecule has 0 spiro atoms. The van der Waals surface area contributed by atoms with Gasteiger partial charge >= 0.3 is 0 Å². The number of nitrogens with two attached hydrogens (primary N) is 1. The maximum Gasteiger partial charge on any atom is 0.253 e. The van der Waals surface area contributed by atoms with E-state index in [4.69, 9.17) is 5.73 Å². The summed E-state index contributed by atoms with van der Waals surface area (Å²) in [5.41, 5.74) is 6.33. The van der Waals surface area contributed by atoms with Crippen molar-refractivity contribution < 1.29 is 14.0 Å². The van der Waals surface area contributed by atoms with E-state index in [0.29, 0.717) is 31.7 Å². The Kier molecular flexibility index (Phi) is 6.18. The van der Waals surface area contributed by atoms with E-state index in [-0.39, 0.29) is 42.0 Å². The van der Waals surface area contributed by atoms with Crippen LogP contribution < -0.4 is 5.73 Å². The minimum atomic E-state index is -0.362. The van der Waals surface area contributed by atoms with E-state index in [0.717, 1.165) is 19.3 Å². The molecule has 2 amide bonds. The van der Waals surface area contributed by atoms with Crippen molar-refractivity contribution in [1.82, 2.24) is 9.80 Å². The van der Waals surface area contributed by atoms with E-state index >= 15 is 0 Å². The molecule has 2 heterocycles. The summed E-state index contributed by atoms with van der Waals surface area (Å²) >= 11 is 0. The van der Waals surface area contributed by atoms with Crippen LogP contribution in [0.5, 0.6) is 0 Å². The first-order valence-corrected chi connectivity index (χ1v) is 8.14. The molecule has 2 saturated heterocycles. The number of piperidine rings is 1. The summed E-state index contributed by atoms with van der Waals surface area (Å²) in [7, 11) is 0. The molecule has 2 aliphatic heterocycles. The van der Waals surface area contributed by atoms with Crippen molar-refractivity contribution in [2.24, 2.45) is 11.7 Å². The lowest BCUT2D eigenvalue weighted by atomic mass is 9.96. The fourth-order valence-corrected chi connectivity index (χ4v) is 3.38. The Morgan fingerprint density at radius 2 is 1.75 bits per heavy atom. The standard InChI is InChI=1S/C17H22FN3O2.ClH/c18-14-5-3-12(4-6-14)16(22)20-8-1-2-13(10-20)17(23)21-9-7-15(19)11-21;/h3-6,13,15H,1-2,7-11,19H2;1H/t13?,15-;/m1./s1. The number of likely N-dealkylation sites (tertiary alicyclic amines) is 2. The second kappa shape index (κ2) is 7.94. The van der Waals surface area contributed by atoms with Crippen molar-refractivity contribution in [3.8, 4) is 0 Å². The number of carbonyl (C=O) groups excluding carboxylic acids is 2. The molecule has 1 aromatic rings. The average Bonchev–Trinajstić information content (AvgIpc) is 3.01. The van der Waals surface area contributed by atoms with Crippen molar-refractivity contribution >= 4 is 24.2 Å². The molecule has 3 rings (SSSR count). The van der Waals surface area contributed by atoms with Crippen LogP contribution in [0.1, 0.15) is 29.6 Å². The monoisotopic (exact) mass is 355 g/mol. The highest BCUT2D eigenvalue weighted by molar-refractivity contribution is 5.94. The molecule has 2 fully saturated rings. The summed E-state index contributed by atoms with van der Waals surface area (Å²) in [5.74, 6) is -0.549. The van der Waals surface area contributed by atoms with Crippen LogP contribution in [0.4, 0.5) is 4.39 Å². The van der Waals surface area contributed by atoms with Crippen LogP contribution in [0, 0.1) is 11.7 Å². The number of nitrogens with zero attached hydrogens (tertiary/aromatic N) is 2. The second-order valence-corrected chi connectivity index (χ2v) is 6.43. The lowest BCUT2D eigenvalue weighted by Crippen LogP contribution is -2.46. The predicted molar refractivity (Wildman–Crippen MR) is 91.4 cm³/mol. The van der Waals surface area contributed by atoms with E-state index in [1.54, 1.807) is 4.90 Å². The minimum Gasteiger partial charge on any atom is -0.341 e. The molecule has 0 saturated carbocycles. The molecular weight excluding hydrogens is 333 g/mol. The molecule has 2 atom stereocenters. The van der Waals surface area contributed by atoms with Gasteiger partial charge in [-0.2, -0.15) is 0 Å². The Balaban J connectivity index is 0.00000208. The van der Waals surface area contributed by atoms with Gasteiger partial charge in [-0.25, -0.2) is 4.39 Å². The van der Waals surface area contributed by atoms with Gasteiger partial charge in [0, 0.05) is 37.8 Å². The summed E-state index contributed by atoms with van der Waals surface area (Å²) in [6, 6.07) is 5.61. The number of hydrogen-bond acceptors (Lipinski definition) is 3. The molecule has 7 heteroatoms. The zero-order valence-electron chi connectivity index (χ0n) is 13.5. The summed E-state index contributed by atoms with van der Waals surface area (Å²) in [5, 5.41) is 0. The van der Waals surface area contributed by atoms with Gasteiger partial charge < -0.3 is 15.5 Å². The van der Waals surface area contributed by atoms with E-state index in [2.05, 4.69) is 0 Å². The molecule has 2 aliphatic rings. The van der Waals surface area contributed by atoms with Crippen LogP contribution in [-0.4, -0.2) is 53.8 Å². The SMILES string of the molecule is Cl.N[C@@H]1CCN(C(=O)C2CCCN(C(=O)c3ccc(F)cc3)C2)C1. The molecule has 0 radical (unpaired) electrons. The highest BCUT2D eigenvalue weighted by Gasteiger charge is 2.33. The maximum atomic E-state index is 13.0. The fourth-order valence-electron chi connectivity index (χ4n) is 3.38. The second-order valence-electron chi connectivity index (χ2n) is 6.43. The zero-order valence-corrected chi connectivity index (χ0v) is 14.3. The van der Waals surface area contributed by atoms with Gasteiger partial charge in [-0.3, -0.25) is 9.59 Å². The lowest BCUT2D eigenvalue weighted by molar-refractivity contribution is -0.135. The molecular formula is C17H23ClFN3O2. The van der Waals surface area contributed by atoms with E-state index in [1.165, 1.54) is 24.3 Å². The normalized spacial score (nSPS) is 23.8. The molecule has 24 heavy (non-hydrogen) atoms. The number of amides is 2. The third-order valence-corrected chi connectivity index (χ3v) is 4.69. The van der Waals surface area contributed by atoms with Gasteiger partial charge in [0.05, 0.1) is 5.92 Å². The number of hydrogen-bond donors (Lipinski definition) is 1. The van der Waals surface area contributed by atoms with Crippen LogP contribution in [0.2, 0.25) is 0 Å². The van der Waals surface area contributed by atoms with Crippen LogP contribution in [-0.2, 0) is 4.79 Å². The number of halogens is 2. The molecule has 2 N–H and O–H groups in total. The first-order chi connectivity index (χ1) is 11.0. The average molecular weight is 356 g/mol. The number of rotatable bonds is 2. The van der Waals surface area contributed by atoms with Crippen LogP contribution in [0.15, 0.2) is 24.3 Å². The van der Waals surface area contributed by atoms with Gasteiger partial charge in [0.25, 0.3) is 5.91 Å². The zero-order chi connectivity index (χ0) is 16.4. The van der Waals surface area contributed by atoms with Crippen molar-refractivity contribution in [3.63, 3.8) is 0 Å². The van der Waals surface area contributed by atoms with Gasteiger partial charge in [-0.15, -0.1) is 12.4 Å². The molecule has 5 nitrogen and oxygen atoms in total. The van der Waals surface area contributed by atoms with E-state index in [9.17, 15) is 14.0 Å². The quantitative estimate of drug-likeness (QED) is 0.877. The Morgan fingerprint density at radius 1 is 1.04 bits per heavy atom. The molecule has 0 aromatic heterocycles. The molecule has 0 bridgehead atoms. The maximum absolute atomic E-state index is 13.0. The highest BCUT2D eigenvalue weighted by atomic mass is 35.5. The summed E-state index contributed by atoms with van der Waals surface area (Å²) in [6.45, 7) is 2.39. The number of benzene rings is 1. The van der Waals surface area contributed by atoms with Crippen molar-refractivity contribution in [2.45, 2.75) is 25.3 Å². The fraction of sp³-hybridized carbons (Fsp3) is 0.529. The van der Waals surface area contributed by atoms with Crippen molar-refractivity contribution in [2.75, 3.05) is 26.2 Å². The lowest BCUT2D eigenvalue weighted by Gasteiger charge is -2.34. The smallest absolute Gasteiger partial charge is 0.253 e. The van der Waals surface area contributed by atoms with Gasteiger partial charge in [-0.1, -0.05) is 0 Å². The Morgan fingerprint density at radius 3 is 2.38 bits per heavy atom. The Hall–Kier alpha value is -1.66. The Bertz CT molecular complexity index is 596. The molecule has 132 valence electrons. The van der Waals surface area contributed by atoms with E-state index in [1.807, 2.05) is 4.90 Å². The summed E-state index contributed by atoms with van der Waals surface area (Å²) in [4.78, 5) is 28.6. The molecule has 0 aliphatic carbocycles. The van der Waals surface area contributed by atoms with Crippen molar-refractivity contribution in [3.05, 3.63) is 35.6 Å². The summed E-state index contributed by atoms with van der Waals surface area (Å²) in [6.07, 6.45) is 2.46. The van der Waals surface area contributed by atoms with Gasteiger partial charge in [0.2, 0.25) is 5.91 Å². The highest BCUT2D eigenvalue weighted by Crippen LogP contribution is 2.22. The molecule has 1 aromatic carbocycles. The number of carbonyl (C=O) groups is 2. The third kappa shape index (κ3) is 4.05. The minimum absolute atomic E-state index is 0. The van der Waals surface area contributed by atoms with Gasteiger partial charge in [-0.05, 0) is 43.5 Å².